The molecule has 0 aromatic heterocycles. The second-order valence-corrected chi connectivity index (χ2v) is 13.4. The summed E-state index contributed by atoms with van der Waals surface area (Å²) >= 11 is 1.44. The average molecular weight is 729 g/mol. The number of amides is 4. The standard InChI is InChI=1S/C33H50F2N6O8S/c1-20(16-21(18-36)23-17-22(34)6-7-24(23)35)29(33(2,3)4)41(27(43)19-42)13-10-26(40-32(48)49-14-15-50-5)31(47)39-12-11-38-30(46)25(37)8-9-28(44)45/h6-7,16-18,25-26,29,42H,8-15,19,36-37H2,1-5H3,(H,38,46)(H,39,47)(H,40,48)(H,44,45)/b20-16+,21-18+/t25-,26+,29+/m1/s1. The number of ether oxygens (including phenoxy) is 1. The fraction of sp³-hybridized carbons (Fsp3) is 0.545. The maximum absolute atomic E-state index is 14.6. The molecule has 0 aliphatic carbocycles. The van der Waals surface area contributed by atoms with Crippen LogP contribution in [0.4, 0.5) is 13.6 Å². The fourth-order valence-corrected chi connectivity index (χ4v) is 5.37. The highest BCUT2D eigenvalue weighted by Crippen LogP contribution is 2.33. The van der Waals surface area contributed by atoms with Crippen LogP contribution in [0.25, 0.3) is 5.57 Å². The number of carbonyl (C=O) groups is 5. The molecule has 0 radical (unpaired) electrons. The highest BCUT2D eigenvalue weighted by molar-refractivity contribution is 7.98. The van der Waals surface area contributed by atoms with Crippen molar-refractivity contribution in [3.8, 4) is 0 Å². The molecule has 14 nitrogen and oxygen atoms in total. The van der Waals surface area contributed by atoms with Crippen LogP contribution in [-0.4, -0.2) is 108 Å². The number of aliphatic hydroxyl groups excluding tert-OH is 1. The summed E-state index contributed by atoms with van der Waals surface area (Å²) in [7, 11) is 0. The number of carbonyl (C=O) groups excluding carboxylic acids is 4. The highest BCUT2D eigenvalue weighted by atomic mass is 32.2. The minimum atomic E-state index is -1.23. The number of halogens is 2. The number of alkyl carbamates (subject to hydrolysis) is 1. The molecule has 1 aromatic carbocycles. The monoisotopic (exact) mass is 728 g/mol. The van der Waals surface area contributed by atoms with E-state index in [1.165, 1.54) is 22.7 Å². The molecule has 1 aromatic rings. The number of nitrogens with zero attached hydrogens (tertiary/aromatic N) is 1. The number of thioether (sulfide) groups is 1. The molecule has 0 aliphatic rings. The summed E-state index contributed by atoms with van der Waals surface area (Å²) in [5.74, 6) is -3.94. The molecule has 9 N–H and O–H groups in total. The molecule has 4 amide bonds. The van der Waals surface area contributed by atoms with E-state index >= 15 is 0 Å². The van der Waals surface area contributed by atoms with Gasteiger partial charge in [-0.15, -0.1) is 0 Å². The molecular weight excluding hydrogens is 678 g/mol. The van der Waals surface area contributed by atoms with Gasteiger partial charge in [0.25, 0.3) is 0 Å². The molecule has 0 fully saturated rings. The van der Waals surface area contributed by atoms with Crippen molar-refractivity contribution in [3.05, 3.63) is 53.2 Å². The zero-order chi connectivity index (χ0) is 38.0. The van der Waals surface area contributed by atoms with Crippen LogP contribution in [0, 0.1) is 17.0 Å². The number of allylic oxidation sites excluding steroid dienone is 2. The van der Waals surface area contributed by atoms with E-state index < -0.39 is 71.6 Å². The Labute approximate surface area is 295 Å². The molecule has 0 unspecified atom stereocenters. The Morgan fingerprint density at radius 3 is 2.28 bits per heavy atom. The lowest BCUT2D eigenvalue weighted by atomic mass is 9.80. The number of carboxylic acid groups (broad SMARTS) is 1. The summed E-state index contributed by atoms with van der Waals surface area (Å²) < 4.78 is 33.8. The van der Waals surface area contributed by atoms with Crippen LogP contribution in [0.15, 0.2) is 36.0 Å². The van der Waals surface area contributed by atoms with Gasteiger partial charge in [0.1, 0.15) is 30.9 Å². The van der Waals surface area contributed by atoms with Crippen molar-refractivity contribution in [3.63, 3.8) is 0 Å². The van der Waals surface area contributed by atoms with Crippen LogP contribution >= 0.6 is 11.8 Å². The lowest BCUT2D eigenvalue weighted by molar-refractivity contribution is -0.138. The minimum absolute atomic E-state index is 0.0512. The Balaban J connectivity index is 3.28. The van der Waals surface area contributed by atoms with E-state index in [2.05, 4.69) is 16.0 Å². The molecule has 50 heavy (non-hydrogen) atoms. The van der Waals surface area contributed by atoms with Crippen molar-refractivity contribution in [1.82, 2.24) is 20.9 Å². The van der Waals surface area contributed by atoms with E-state index in [1.807, 2.05) is 27.0 Å². The van der Waals surface area contributed by atoms with E-state index in [-0.39, 0.29) is 56.6 Å². The summed E-state index contributed by atoms with van der Waals surface area (Å²) in [5, 5.41) is 26.3. The highest BCUT2D eigenvalue weighted by Gasteiger charge is 2.35. The Kier molecular flexibility index (Phi) is 19.1. The van der Waals surface area contributed by atoms with Crippen LogP contribution in [0.3, 0.4) is 0 Å². The van der Waals surface area contributed by atoms with Gasteiger partial charge in [-0.05, 0) is 55.2 Å². The van der Waals surface area contributed by atoms with Crippen molar-refractivity contribution in [2.45, 2.75) is 65.1 Å². The van der Waals surface area contributed by atoms with E-state index in [1.54, 1.807) is 6.92 Å². The second-order valence-electron chi connectivity index (χ2n) is 12.4. The van der Waals surface area contributed by atoms with E-state index in [0.717, 1.165) is 24.4 Å². The van der Waals surface area contributed by atoms with Crippen LogP contribution in [0.5, 0.6) is 0 Å². The van der Waals surface area contributed by atoms with Crippen LogP contribution in [0.1, 0.15) is 52.5 Å². The first kappa shape index (κ1) is 43.8. The minimum Gasteiger partial charge on any atom is -0.481 e. The number of hydrogen-bond acceptors (Lipinski definition) is 10. The Morgan fingerprint density at radius 2 is 1.72 bits per heavy atom. The second kappa shape index (κ2) is 21.8. The zero-order valence-corrected chi connectivity index (χ0v) is 29.9. The third-order valence-electron chi connectivity index (χ3n) is 7.34. The number of aliphatic hydroxyl groups is 1. The molecular formula is C33H50F2N6O8S. The zero-order valence-electron chi connectivity index (χ0n) is 29.1. The predicted octanol–water partition coefficient (Wildman–Crippen LogP) is 1.72. The molecule has 280 valence electrons. The molecule has 0 saturated heterocycles. The van der Waals surface area contributed by atoms with Gasteiger partial charge in [-0.1, -0.05) is 26.8 Å². The Bertz CT molecular complexity index is 1390. The molecule has 3 atom stereocenters. The summed E-state index contributed by atoms with van der Waals surface area (Å²) in [6.07, 6.45) is 3.07. The molecule has 0 heterocycles. The summed E-state index contributed by atoms with van der Waals surface area (Å²) in [4.78, 5) is 63.3. The van der Waals surface area contributed by atoms with Gasteiger partial charge in [-0.2, -0.15) is 11.8 Å². The van der Waals surface area contributed by atoms with Gasteiger partial charge >= 0.3 is 12.1 Å². The van der Waals surface area contributed by atoms with Gasteiger partial charge in [0.15, 0.2) is 0 Å². The van der Waals surface area contributed by atoms with Gasteiger partial charge in [0.05, 0.1) is 12.1 Å². The summed E-state index contributed by atoms with van der Waals surface area (Å²) in [5.41, 5.74) is 11.4. The number of benzene rings is 1. The summed E-state index contributed by atoms with van der Waals surface area (Å²) in [6, 6.07) is -0.113. The number of nitrogens with one attached hydrogen (secondary N) is 3. The number of aliphatic carboxylic acids is 1. The first-order valence-electron chi connectivity index (χ1n) is 15.9. The first-order valence-corrected chi connectivity index (χ1v) is 17.3. The average Bonchev–Trinajstić information content (AvgIpc) is 3.05. The largest absolute Gasteiger partial charge is 0.481 e. The predicted molar refractivity (Wildman–Crippen MR) is 186 cm³/mol. The topological polar surface area (TPSA) is 226 Å². The third kappa shape index (κ3) is 15.1. The Hall–Kier alpha value is -4.22. The molecule has 17 heteroatoms. The number of nitrogens with two attached hydrogens (primary N) is 2. The van der Waals surface area contributed by atoms with Crippen molar-refractivity contribution >= 4 is 47.1 Å². The molecule has 0 spiro atoms. The molecule has 0 saturated carbocycles. The van der Waals surface area contributed by atoms with Gasteiger partial charge in [-0.3, -0.25) is 19.2 Å². The Morgan fingerprint density at radius 1 is 1.08 bits per heavy atom. The maximum Gasteiger partial charge on any atom is 0.407 e. The number of hydrogen-bond donors (Lipinski definition) is 7. The first-order chi connectivity index (χ1) is 23.5. The van der Waals surface area contributed by atoms with E-state index in [4.69, 9.17) is 21.3 Å². The quantitative estimate of drug-likeness (QED) is 0.0756. The smallest absolute Gasteiger partial charge is 0.407 e. The van der Waals surface area contributed by atoms with Gasteiger partial charge < -0.3 is 47.3 Å². The number of carboxylic acids is 1. The third-order valence-corrected chi connectivity index (χ3v) is 7.91. The SMILES string of the molecule is CSCCOC(=O)N[C@@H](CCN(C(=O)CO)[C@@H](/C(C)=C/C(=C\N)c1cc(F)ccc1F)C(C)(C)C)C(=O)NCCNC(=O)[C@H](N)CCC(=O)O. The van der Waals surface area contributed by atoms with Crippen LogP contribution in [0.2, 0.25) is 0 Å². The van der Waals surface area contributed by atoms with Gasteiger partial charge in [-0.25, -0.2) is 13.6 Å². The van der Waals surface area contributed by atoms with E-state index in [9.17, 15) is 37.9 Å². The van der Waals surface area contributed by atoms with E-state index in [0.29, 0.717) is 11.3 Å². The van der Waals surface area contributed by atoms with Crippen molar-refractivity contribution in [2.75, 3.05) is 44.9 Å². The maximum atomic E-state index is 14.6. The van der Waals surface area contributed by atoms with Crippen LogP contribution < -0.4 is 27.4 Å². The van der Waals surface area contributed by atoms with Crippen molar-refractivity contribution in [1.29, 1.82) is 0 Å². The molecule has 1 rings (SSSR count). The lowest BCUT2D eigenvalue weighted by Crippen LogP contribution is -2.53. The van der Waals surface area contributed by atoms with Crippen molar-refractivity contribution < 1.29 is 47.7 Å². The normalized spacial score (nSPS) is 13.9. The van der Waals surface area contributed by atoms with Gasteiger partial charge in [0.2, 0.25) is 17.7 Å². The lowest BCUT2D eigenvalue weighted by Gasteiger charge is -2.41. The summed E-state index contributed by atoms with van der Waals surface area (Å²) in [6.45, 7) is 6.06. The number of rotatable bonds is 20. The fourth-order valence-electron chi connectivity index (χ4n) is 5.12. The van der Waals surface area contributed by atoms with Gasteiger partial charge in [0, 0.05) is 49.1 Å². The van der Waals surface area contributed by atoms with Crippen molar-refractivity contribution in [2.24, 2.45) is 16.9 Å². The molecule has 0 aliphatic heterocycles. The molecule has 0 bridgehead atoms. The van der Waals surface area contributed by atoms with Crippen LogP contribution in [-0.2, 0) is 23.9 Å².